The van der Waals surface area contributed by atoms with Gasteiger partial charge in [0.25, 0.3) is 0 Å². The molecule has 0 fully saturated rings. The van der Waals surface area contributed by atoms with Gasteiger partial charge in [0.2, 0.25) is 0 Å². The van der Waals surface area contributed by atoms with Crippen molar-refractivity contribution in [2.45, 2.75) is 6.42 Å². The number of nitrogens with zero attached hydrogens (tertiary/aromatic N) is 1. The van der Waals surface area contributed by atoms with E-state index < -0.39 is 0 Å². The predicted molar refractivity (Wildman–Crippen MR) is 73.5 cm³/mol. The average molecular weight is 283 g/mol. The summed E-state index contributed by atoms with van der Waals surface area (Å²) in [5.74, 6) is 1.16. The van der Waals surface area contributed by atoms with Gasteiger partial charge in [-0.3, -0.25) is 4.98 Å². The van der Waals surface area contributed by atoms with Crippen molar-refractivity contribution in [3.05, 3.63) is 52.3 Å². The van der Waals surface area contributed by atoms with Crippen molar-refractivity contribution in [3.63, 3.8) is 0 Å². The lowest BCUT2D eigenvalue weighted by Gasteiger charge is -2.12. The van der Waals surface area contributed by atoms with E-state index in [1.54, 1.807) is 24.5 Å². The van der Waals surface area contributed by atoms with Crippen LogP contribution in [0.5, 0.6) is 11.5 Å². The Morgan fingerprint density at radius 1 is 1.22 bits per heavy atom. The van der Waals surface area contributed by atoms with E-state index in [0.717, 1.165) is 5.56 Å². The molecular weight excluding hydrogens is 271 g/mol. The highest BCUT2D eigenvalue weighted by molar-refractivity contribution is 6.32. The summed E-state index contributed by atoms with van der Waals surface area (Å²) in [4.78, 5) is 3.96. The number of benzene rings is 1. The highest BCUT2D eigenvalue weighted by atomic mass is 35.5. The Balaban J connectivity index is 2.33. The molecule has 0 aliphatic carbocycles. The molecule has 0 aliphatic heterocycles. The lowest BCUT2D eigenvalue weighted by Crippen LogP contribution is -2.04. The van der Waals surface area contributed by atoms with E-state index in [-0.39, 0.29) is 0 Å². The number of hydrogen-bond donors (Lipinski definition) is 1. The number of aromatic nitrogens is 1. The third kappa shape index (κ3) is 3.13. The van der Waals surface area contributed by atoms with Gasteiger partial charge < -0.3 is 10.5 Å². The normalized spacial score (nSPS) is 10.4. The zero-order valence-electron chi connectivity index (χ0n) is 9.57. The van der Waals surface area contributed by atoms with Crippen LogP contribution >= 0.6 is 23.2 Å². The minimum absolute atomic E-state index is 0.514. The Hall–Kier alpha value is -1.29. The van der Waals surface area contributed by atoms with Crippen LogP contribution in [0.2, 0.25) is 10.0 Å². The minimum Gasteiger partial charge on any atom is -0.454 e. The van der Waals surface area contributed by atoms with Crippen LogP contribution in [0.15, 0.2) is 36.7 Å². The molecule has 1 aromatic carbocycles. The molecule has 0 saturated heterocycles. The number of hydrogen-bond acceptors (Lipinski definition) is 3. The van der Waals surface area contributed by atoms with Gasteiger partial charge in [-0.05, 0) is 24.6 Å². The monoisotopic (exact) mass is 282 g/mol. The van der Waals surface area contributed by atoms with E-state index in [1.807, 2.05) is 12.1 Å². The predicted octanol–water partition coefficient (Wildman–Crippen LogP) is 3.68. The maximum Gasteiger partial charge on any atom is 0.149 e. The molecule has 2 rings (SSSR count). The summed E-state index contributed by atoms with van der Waals surface area (Å²) in [6, 6.07) is 7.27. The summed E-state index contributed by atoms with van der Waals surface area (Å²) in [5, 5.41) is 1.06. The molecule has 0 spiro atoms. The topological polar surface area (TPSA) is 48.1 Å². The second kappa shape index (κ2) is 6.05. The maximum atomic E-state index is 6.14. The lowest BCUT2D eigenvalue weighted by molar-refractivity contribution is 0.474. The third-order valence-corrected chi connectivity index (χ3v) is 2.87. The SMILES string of the molecule is NCCc1cccc(Cl)c1Oc1cncc(Cl)c1. The number of nitrogens with two attached hydrogens (primary N) is 1. The third-order valence-electron chi connectivity index (χ3n) is 2.36. The molecule has 1 heterocycles. The molecule has 2 N–H and O–H groups in total. The van der Waals surface area contributed by atoms with Crippen molar-refractivity contribution in [1.29, 1.82) is 0 Å². The molecule has 5 heteroatoms. The van der Waals surface area contributed by atoms with Crippen LogP contribution < -0.4 is 10.5 Å². The Kier molecular flexibility index (Phi) is 4.42. The van der Waals surface area contributed by atoms with Crippen LogP contribution in [0, 0.1) is 0 Å². The van der Waals surface area contributed by atoms with Gasteiger partial charge in [0, 0.05) is 12.3 Å². The fourth-order valence-corrected chi connectivity index (χ4v) is 1.98. The van der Waals surface area contributed by atoms with E-state index in [9.17, 15) is 0 Å². The standard InChI is InChI=1S/C13H12Cl2N2O/c14-10-6-11(8-17-7-10)18-13-9(4-5-16)2-1-3-12(13)15/h1-3,6-8H,4-5,16H2. The van der Waals surface area contributed by atoms with Crippen molar-refractivity contribution >= 4 is 23.2 Å². The number of ether oxygens (including phenoxy) is 1. The zero-order valence-corrected chi connectivity index (χ0v) is 11.1. The molecule has 0 aliphatic rings. The number of halogens is 2. The van der Waals surface area contributed by atoms with E-state index >= 15 is 0 Å². The minimum atomic E-state index is 0.514. The molecule has 0 bridgehead atoms. The van der Waals surface area contributed by atoms with Gasteiger partial charge in [-0.1, -0.05) is 35.3 Å². The van der Waals surface area contributed by atoms with Crippen molar-refractivity contribution in [2.24, 2.45) is 5.73 Å². The summed E-state index contributed by atoms with van der Waals surface area (Å²) in [6.45, 7) is 0.532. The van der Waals surface area contributed by atoms with Gasteiger partial charge in [-0.15, -0.1) is 0 Å². The summed E-state index contributed by atoms with van der Waals surface area (Å²) >= 11 is 12.0. The largest absolute Gasteiger partial charge is 0.454 e. The van der Waals surface area contributed by atoms with Gasteiger partial charge in [0.05, 0.1) is 16.2 Å². The van der Waals surface area contributed by atoms with Crippen LogP contribution in [-0.4, -0.2) is 11.5 Å². The fourth-order valence-electron chi connectivity index (χ4n) is 1.59. The van der Waals surface area contributed by atoms with Crippen LogP contribution in [0.3, 0.4) is 0 Å². The molecule has 1 aromatic heterocycles. The molecule has 94 valence electrons. The van der Waals surface area contributed by atoms with Gasteiger partial charge >= 0.3 is 0 Å². The van der Waals surface area contributed by atoms with Gasteiger partial charge in [-0.2, -0.15) is 0 Å². The van der Waals surface area contributed by atoms with E-state index in [1.165, 1.54) is 0 Å². The summed E-state index contributed by atoms with van der Waals surface area (Å²) in [6.07, 6.45) is 3.83. The lowest BCUT2D eigenvalue weighted by atomic mass is 10.1. The van der Waals surface area contributed by atoms with Gasteiger partial charge in [0.15, 0.2) is 0 Å². The Labute approximate surface area is 115 Å². The molecule has 0 amide bonds. The second-order valence-electron chi connectivity index (χ2n) is 3.71. The fraction of sp³-hybridized carbons (Fsp3) is 0.154. The first-order valence-electron chi connectivity index (χ1n) is 5.46. The van der Waals surface area contributed by atoms with Crippen LogP contribution in [-0.2, 0) is 6.42 Å². The molecule has 0 atom stereocenters. The Morgan fingerprint density at radius 3 is 2.78 bits per heavy atom. The van der Waals surface area contributed by atoms with Crippen molar-refractivity contribution in [1.82, 2.24) is 4.98 Å². The number of rotatable bonds is 4. The number of para-hydroxylation sites is 1. The summed E-state index contributed by atoms with van der Waals surface area (Å²) < 4.78 is 5.74. The van der Waals surface area contributed by atoms with Crippen LogP contribution in [0.25, 0.3) is 0 Å². The molecule has 0 unspecified atom stereocenters. The Bertz CT molecular complexity index is 546. The summed E-state index contributed by atoms with van der Waals surface area (Å²) in [5.41, 5.74) is 6.53. The van der Waals surface area contributed by atoms with E-state index in [4.69, 9.17) is 33.7 Å². The first-order valence-corrected chi connectivity index (χ1v) is 6.22. The first-order chi connectivity index (χ1) is 8.70. The van der Waals surface area contributed by atoms with Crippen molar-refractivity contribution < 1.29 is 4.74 Å². The zero-order chi connectivity index (χ0) is 13.0. The van der Waals surface area contributed by atoms with Crippen molar-refractivity contribution in [3.8, 4) is 11.5 Å². The van der Waals surface area contributed by atoms with Crippen LogP contribution in [0.4, 0.5) is 0 Å². The Morgan fingerprint density at radius 2 is 2.06 bits per heavy atom. The highest BCUT2D eigenvalue weighted by Gasteiger charge is 2.09. The molecule has 18 heavy (non-hydrogen) atoms. The maximum absolute atomic E-state index is 6.14. The molecular formula is C13H12Cl2N2O. The molecule has 2 aromatic rings. The first kappa shape index (κ1) is 13.1. The molecule has 3 nitrogen and oxygen atoms in total. The van der Waals surface area contributed by atoms with Gasteiger partial charge in [0.1, 0.15) is 11.5 Å². The molecule has 0 saturated carbocycles. The number of pyridine rings is 1. The average Bonchev–Trinajstić information content (AvgIpc) is 2.34. The highest BCUT2D eigenvalue weighted by Crippen LogP contribution is 2.33. The summed E-state index contributed by atoms with van der Waals surface area (Å²) in [7, 11) is 0. The van der Waals surface area contributed by atoms with Gasteiger partial charge in [-0.25, -0.2) is 0 Å². The van der Waals surface area contributed by atoms with E-state index in [0.29, 0.717) is 34.5 Å². The van der Waals surface area contributed by atoms with Crippen molar-refractivity contribution in [2.75, 3.05) is 6.54 Å². The second-order valence-corrected chi connectivity index (χ2v) is 4.55. The van der Waals surface area contributed by atoms with Crippen LogP contribution in [0.1, 0.15) is 5.56 Å². The molecule has 0 radical (unpaired) electrons. The smallest absolute Gasteiger partial charge is 0.149 e. The quantitative estimate of drug-likeness (QED) is 0.931. The van der Waals surface area contributed by atoms with E-state index in [2.05, 4.69) is 4.98 Å².